The van der Waals surface area contributed by atoms with Crippen LogP contribution in [0.4, 0.5) is 0 Å². The fourth-order valence-electron chi connectivity index (χ4n) is 2.40. The maximum atomic E-state index is 11.3. The van der Waals surface area contributed by atoms with E-state index in [9.17, 15) is 4.79 Å². The highest BCUT2D eigenvalue weighted by Gasteiger charge is 2.07. The van der Waals surface area contributed by atoms with Gasteiger partial charge in [-0.3, -0.25) is 9.78 Å². The predicted octanol–water partition coefficient (Wildman–Crippen LogP) is 4.45. The van der Waals surface area contributed by atoms with E-state index in [1.807, 2.05) is 61.5 Å². The highest BCUT2D eigenvalue weighted by molar-refractivity contribution is 5.81. The predicted molar refractivity (Wildman–Crippen MR) is 90.6 cm³/mol. The van der Waals surface area contributed by atoms with Gasteiger partial charge in [0.25, 0.3) is 0 Å². The second-order valence-corrected chi connectivity index (χ2v) is 5.33. The van der Waals surface area contributed by atoms with Gasteiger partial charge < -0.3 is 4.74 Å². The molecule has 0 N–H and O–H groups in total. The molecule has 3 aromatic rings. The van der Waals surface area contributed by atoms with Crippen LogP contribution in [0, 0.1) is 6.92 Å². The van der Waals surface area contributed by atoms with Crippen molar-refractivity contribution in [1.82, 2.24) is 4.98 Å². The van der Waals surface area contributed by atoms with Crippen LogP contribution >= 0.6 is 0 Å². The van der Waals surface area contributed by atoms with Gasteiger partial charge in [0.05, 0.1) is 5.56 Å². The second kappa shape index (κ2) is 6.88. The van der Waals surface area contributed by atoms with Crippen molar-refractivity contribution >= 4 is 6.29 Å². The molecule has 0 bridgehead atoms. The van der Waals surface area contributed by atoms with Crippen LogP contribution in [-0.4, -0.2) is 11.3 Å². The van der Waals surface area contributed by atoms with Crippen molar-refractivity contribution in [2.24, 2.45) is 0 Å². The zero-order valence-electron chi connectivity index (χ0n) is 12.9. The summed E-state index contributed by atoms with van der Waals surface area (Å²) in [5, 5.41) is 0. The minimum atomic E-state index is 0.431. The number of carbonyl (C=O) groups is 1. The summed E-state index contributed by atoms with van der Waals surface area (Å²) < 4.78 is 5.86. The normalized spacial score (nSPS) is 10.3. The molecule has 0 unspecified atom stereocenters. The van der Waals surface area contributed by atoms with Crippen LogP contribution in [0.2, 0.25) is 0 Å². The van der Waals surface area contributed by atoms with Crippen LogP contribution in [0.15, 0.2) is 66.9 Å². The Balaban J connectivity index is 1.89. The summed E-state index contributed by atoms with van der Waals surface area (Å²) in [5.41, 5.74) is 4.63. The fourth-order valence-corrected chi connectivity index (χ4v) is 2.40. The minimum absolute atomic E-state index is 0.431. The van der Waals surface area contributed by atoms with E-state index in [2.05, 4.69) is 4.98 Å². The number of carbonyl (C=O) groups excluding carboxylic acids is 1. The molecule has 0 radical (unpaired) electrons. The van der Waals surface area contributed by atoms with Gasteiger partial charge in [-0.15, -0.1) is 0 Å². The van der Waals surface area contributed by atoms with Crippen molar-refractivity contribution in [3.05, 3.63) is 83.7 Å². The van der Waals surface area contributed by atoms with Crippen LogP contribution < -0.4 is 4.74 Å². The Bertz CT molecular complexity index is 813. The Morgan fingerprint density at radius 2 is 1.78 bits per heavy atom. The quantitative estimate of drug-likeness (QED) is 0.654. The Labute approximate surface area is 135 Å². The van der Waals surface area contributed by atoms with Crippen molar-refractivity contribution in [3.63, 3.8) is 0 Å². The van der Waals surface area contributed by atoms with Gasteiger partial charge in [-0.2, -0.15) is 0 Å². The van der Waals surface area contributed by atoms with Gasteiger partial charge in [-0.25, -0.2) is 0 Å². The van der Waals surface area contributed by atoms with Gasteiger partial charge in [0.15, 0.2) is 6.29 Å². The highest BCUT2D eigenvalue weighted by Crippen LogP contribution is 2.27. The smallest absolute Gasteiger partial charge is 0.153 e. The first-order chi connectivity index (χ1) is 11.3. The number of aryl methyl sites for hydroxylation is 1. The van der Waals surface area contributed by atoms with E-state index in [0.29, 0.717) is 17.9 Å². The number of hydrogen-bond acceptors (Lipinski definition) is 3. The number of aromatic nitrogens is 1. The number of rotatable bonds is 5. The van der Waals surface area contributed by atoms with E-state index in [4.69, 9.17) is 4.74 Å². The number of hydrogen-bond donors (Lipinski definition) is 0. The molecule has 0 aliphatic heterocycles. The molecule has 23 heavy (non-hydrogen) atoms. The van der Waals surface area contributed by atoms with Crippen molar-refractivity contribution in [2.45, 2.75) is 13.5 Å². The molecule has 3 heteroatoms. The molecule has 0 aliphatic carbocycles. The molecule has 2 aromatic carbocycles. The minimum Gasteiger partial charge on any atom is -0.488 e. The molecule has 1 aromatic heterocycles. The summed E-state index contributed by atoms with van der Waals surface area (Å²) in [6, 6.07) is 19.5. The standard InChI is InChI=1S/C20H17NO2/c1-15-11-18(9-10-21-15)17-7-8-19(13-22)20(12-17)23-14-16-5-3-2-4-6-16/h2-13H,14H2,1H3. The van der Waals surface area contributed by atoms with Crippen molar-refractivity contribution in [3.8, 4) is 16.9 Å². The summed E-state index contributed by atoms with van der Waals surface area (Å²) in [6.07, 6.45) is 2.60. The van der Waals surface area contributed by atoms with E-state index in [0.717, 1.165) is 28.7 Å². The van der Waals surface area contributed by atoms with Crippen molar-refractivity contribution < 1.29 is 9.53 Å². The van der Waals surface area contributed by atoms with E-state index < -0.39 is 0 Å². The van der Waals surface area contributed by atoms with Crippen LogP contribution in [0.3, 0.4) is 0 Å². The lowest BCUT2D eigenvalue weighted by Gasteiger charge is -2.11. The molecule has 114 valence electrons. The first kappa shape index (κ1) is 15.0. The number of nitrogens with zero attached hydrogens (tertiary/aromatic N) is 1. The molecule has 0 amide bonds. The molecule has 3 nitrogen and oxygen atoms in total. The van der Waals surface area contributed by atoms with Crippen LogP contribution in [-0.2, 0) is 6.61 Å². The zero-order valence-corrected chi connectivity index (χ0v) is 12.9. The molecular formula is C20H17NO2. The third-order valence-electron chi connectivity index (χ3n) is 3.61. The lowest BCUT2D eigenvalue weighted by atomic mass is 10.0. The molecule has 1 heterocycles. The van der Waals surface area contributed by atoms with Gasteiger partial charge in [0, 0.05) is 11.9 Å². The highest BCUT2D eigenvalue weighted by atomic mass is 16.5. The monoisotopic (exact) mass is 303 g/mol. The molecule has 0 fully saturated rings. The number of ether oxygens (including phenoxy) is 1. The first-order valence-electron chi connectivity index (χ1n) is 7.45. The van der Waals surface area contributed by atoms with Gasteiger partial charge in [-0.1, -0.05) is 36.4 Å². The lowest BCUT2D eigenvalue weighted by Crippen LogP contribution is -1.98. The van der Waals surface area contributed by atoms with E-state index >= 15 is 0 Å². The van der Waals surface area contributed by atoms with E-state index in [1.165, 1.54) is 0 Å². The number of pyridine rings is 1. The molecule has 3 rings (SSSR count). The SMILES string of the molecule is Cc1cc(-c2ccc(C=O)c(OCc3ccccc3)c2)ccn1. The van der Waals surface area contributed by atoms with Crippen molar-refractivity contribution in [1.29, 1.82) is 0 Å². The Morgan fingerprint density at radius 1 is 1.00 bits per heavy atom. The van der Waals surface area contributed by atoms with E-state index in [1.54, 1.807) is 12.3 Å². The lowest BCUT2D eigenvalue weighted by molar-refractivity contribution is 0.111. The topological polar surface area (TPSA) is 39.2 Å². The average molecular weight is 303 g/mol. The van der Waals surface area contributed by atoms with Gasteiger partial charge in [-0.05, 0) is 47.9 Å². The van der Waals surface area contributed by atoms with Crippen LogP contribution in [0.25, 0.3) is 11.1 Å². The summed E-state index contributed by atoms with van der Waals surface area (Å²) in [7, 11) is 0. The summed E-state index contributed by atoms with van der Waals surface area (Å²) in [5.74, 6) is 0.593. The van der Waals surface area contributed by atoms with Crippen LogP contribution in [0.1, 0.15) is 21.6 Å². The maximum absolute atomic E-state index is 11.3. The number of aldehydes is 1. The first-order valence-corrected chi connectivity index (χ1v) is 7.45. The van der Waals surface area contributed by atoms with E-state index in [-0.39, 0.29) is 0 Å². The Hall–Kier alpha value is -2.94. The van der Waals surface area contributed by atoms with Gasteiger partial charge in [0.2, 0.25) is 0 Å². The second-order valence-electron chi connectivity index (χ2n) is 5.33. The zero-order chi connectivity index (χ0) is 16.1. The molecule has 0 aliphatic rings. The van der Waals surface area contributed by atoms with Crippen molar-refractivity contribution in [2.75, 3.05) is 0 Å². The maximum Gasteiger partial charge on any atom is 0.153 e. The number of benzene rings is 2. The Kier molecular flexibility index (Phi) is 4.48. The summed E-state index contributed by atoms with van der Waals surface area (Å²) >= 11 is 0. The third kappa shape index (κ3) is 3.64. The average Bonchev–Trinajstić information content (AvgIpc) is 2.60. The summed E-state index contributed by atoms with van der Waals surface area (Å²) in [4.78, 5) is 15.5. The summed E-state index contributed by atoms with van der Waals surface area (Å²) in [6.45, 7) is 2.39. The van der Waals surface area contributed by atoms with Gasteiger partial charge in [0.1, 0.15) is 12.4 Å². The molecule has 0 spiro atoms. The molecule has 0 saturated carbocycles. The van der Waals surface area contributed by atoms with Gasteiger partial charge >= 0.3 is 0 Å². The largest absolute Gasteiger partial charge is 0.488 e. The molecule has 0 atom stereocenters. The fraction of sp³-hybridized carbons (Fsp3) is 0.100. The van der Waals surface area contributed by atoms with Crippen LogP contribution in [0.5, 0.6) is 5.75 Å². The Morgan fingerprint density at radius 3 is 2.52 bits per heavy atom. The molecule has 0 saturated heterocycles. The molecular weight excluding hydrogens is 286 g/mol. The third-order valence-corrected chi connectivity index (χ3v) is 3.61.